The Morgan fingerprint density at radius 1 is 1.38 bits per heavy atom. The number of primary amides is 1. The van der Waals surface area contributed by atoms with Gasteiger partial charge in [0, 0.05) is 6.42 Å². The predicted molar refractivity (Wildman–Crippen MR) is 73.2 cm³/mol. The Morgan fingerprint density at radius 2 is 2.00 bits per heavy atom. The van der Waals surface area contributed by atoms with E-state index in [2.05, 4.69) is 0 Å². The van der Waals surface area contributed by atoms with Crippen LogP contribution in [0.15, 0.2) is 29.2 Å². The van der Waals surface area contributed by atoms with Gasteiger partial charge in [-0.2, -0.15) is 4.72 Å². The fraction of sp³-hybridized carbons (Fsp3) is 0.333. The van der Waals surface area contributed by atoms with E-state index < -0.39 is 27.9 Å². The summed E-state index contributed by atoms with van der Waals surface area (Å²) in [6.45, 7) is 0. The highest BCUT2D eigenvalue weighted by atomic mass is 32.2. The number of amides is 1. The quantitative estimate of drug-likeness (QED) is 0.602. The van der Waals surface area contributed by atoms with Gasteiger partial charge in [0.2, 0.25) is 15.9 Å². The summed E-state index contributed by atoms with van der Waals surface area (Å²) in [6, 6.07) is 4.34. The van der Waals surface area contributed by atoms with E-state index in [4.69, 9.17) is 15.6 Å². The Labute approximate surface area is 122 Å². The van der Waals surface area contributed by atoms with Gasteiger partial charge in [0.05, 0.1) is 7.11 Å². The van der Waals surface area contributed by atoms with Crippen molar-refractivity contribution in [2.75, 3.05) is 7.11 Å². The highest BCUT2D eigenvalue weighted by molar-refractivity contribution is 7.89. The molecule has 0 unspecified atom stereocenters. The van der Waals surface area contributed by atoms with Crippen molar-refractivity contribution >= 4 is 21.9 Å². The first-order valence-electron chi connectivity index (χ1n) is 5.94. The lowest BCUT2D eigenvalue weighted by Crippen LogP contribution is -2.41. The Balaban J connectivity index is 3.00. The monoisotopic (exact) mass is 316 g/mol. The van der Waals surface area contributed by atoms with Gasteiger partial charge in [-0.15, -0.1) is 0 Å². The molecule has 0 aliphatic heterocycles. The van der Waals surface area contributed by atoms with Gasteiger partial charge >= 0.3 is 5.97 Å². The number of nitrogens with two attached hydrogens (primary N) is 1. The van der Waals surface area contributed by atoms with E-state index in [0.29, 0.717) is 0 Å². The number of hydrogen-bond acceptors (Lipinski definition) is 5. The second-order valence-corrected chi connectivity index (χ2v) is 5.85. The summed E-state index contributed by atoms with van der Waals surface area (Å²) in [4.78, 5) is 21.6. The second kappa shape index (κ2) is 7.04. The highest BCUT2D eigenvalue weighted by Crippen LogP contribution is 2.23. The minimum Gasteiger partial charge on any atom is -0.495 e. The zero-order chi connectivity index (χ0) is 16.0. The smallest absolute Gasteiger partial charge is 0.321 e. The fourth-order valence-corrected chi connectivity index (χ4v) is 3.01. The first-order chi connectivity index (χ1) is 9.77. The fourth-order valence-electron chi connectivity index (χ4n) is 1.61. The summed E-state index contributed by atoms with van der Waals surface area (Å²) in [6.07, 6.45) is -0.482. The van der Waals surface area contributed by atoms with E-state index in [9.17, 15) is 18.0 Å². The molecule has 116 valence electrons. The molecule has 8 nitrogen and oxygen atoms in total. The van der Waals surface area contributed by atoms with Crippen LogP contribution in [-0.4, -0.2) is 38.6 Å². The number of sulfonamides is 1. The van der Waals surface area contributed by atoms with Gasteiger partial charge in [-0.05, 0) is 18.6 Å². The standard InChI is InChI=1S/C12H16N2O6S/c1-20-9-4-2-3-5-10(9)21(18,19)14-8(12(16)17)6-7-11(13)15/h2-5,8,14H,6-7H2,1H3,(H2,13,15)(H,16,17)/t8-/m0/s1. The van der Waals surface area contributed by atoms with Crippen molar-refractivity contribution in [2.24, 2.45) is 5.73 Å². The molecule has 1 atom stereocenters. The molecule has 1 rings (SSSR count). The van der Waals surface area contributed by atoms with Crippen LogP contribution in [0.5, 0.6) is 5.75 Å². The zero-order valence-electron chi connectivity index (χ0n) is 11.3. The van der Waals surface area contributed by atoms with Crippen LogP contribution in [-0.2, 0) is 19.6 Å². The van der Waals surface area contributed by atoms with Gasteiger partial charge in [0.15, 0.2) is 0 Å². The summed E-state index contributed by atoms with van der Waals surface area (Å²) in [5.41, 5.74) is 4.93. The van der Waals surface area contributed by atoms with Gasteiger partial charge in [0.25, 0.3) is 0 Å². The number of carboxylic acids is 1. The average Bonchev–Trinajstić information content (AvgIpc) is 2.42. The van der Waals surface area contributed by atoms with Gasteiger partial charge in [0.1, 0.15) is 16.7 Å². The molecular weight excluding hydrogens is 300 g/mol. The summed E-state index contributed by atoms with van der Waals surface area (Å²) in [5, 5.41) is 9.01. The maximum Gasteiger partial charge on any atom is 0.321 e. The number of benzene rings is 1. The molecule has 0 radical (unpaired) electrons. The first-order valence-corrected chi connectivity index (χ1v) is 7.42. The van der Waals surface area contributed by atoms with Crippen molar-refractivity contribution in [2.45, 2.75) is 23.8 Å². The van der Waals surface area contributed by atoms with E-state index in [1.165, 1.54) is 25.3 Å². The number of carboxylic acid groups (broad SMARTS) is 1. The lowest BCUT2D eigenvalue weighted by Gasteiger charge is -2.15. The minimum absolute atomic E-state index is 0.0871. The van der Waals surface area contributed by atoms with E-state index in [-0.39, 0.29) is 23.5 Å². The third-order valence-corrected chi connectivity index (χ3v) is 4.14. The Hall–Kier alpha value is -2.13. The van der Waals surface area contributed by atoms with E-state index >= 15 is 0 Å². The lowest BCUT2D eigenvalue weighted by atomic mass is 10.2. The van der Waals surface area contributed by atoms with Crippen LogP contribution in [0.3, 0.4) is 0 Å². The number of para-hydroxylation sites is 1. The number of rotatable bonds is 8. The number of ether oxygens (including phenoxy) is 1. The van der Waals surface area contributed by atoms with Crippen LogP contribution in [0, 0.1) is 0 Å². The van der Waals surface area contributed by atoms with Crippen molar-refractivity contribution in [3.63, 3.8) is 0 Å². The summed E-state index contributed by atoms with van der Waals surface area (Å²) in [7, 11) is -2.80. The van der Waals surface area contributed by atoms with Crippen LogP contribution in [0.2, 0.25) is 0 Å². The zero-order valence-corrected chi connectivity index (χ0v) is 12.1. The highest BCUT2D eigenvalue weighted by Gasteiger charge is 2.27. The maximum absolute atomic E-state index is 12.2. The largest absolute Gasteiger partial charge is 0.495 e. The summed E-state index contributed by atoms with van der Waals surface area (Å²) < 4.78 is 31.4. The predicted octanol–water partition coefficient (Wildman–Crippen LogP) is -0.308. The SMILES string of the molecule is COc1ccccc1S(=O)(=O)N[C@@H](CCC(N)=O)C(=O)O. The first kappa shape index (κ1) is 16.9. The van der Waals surface area contributed by atoms with Crippen molar-refractivity contribution in [3.05, 3.63) is 24.3 Å². The molecule has 9 heteroatoms. The molecule has 0 bridgehead atoms. The molecule has 21 heavy (non-hydrogen) atoms. The molecule has 0 saturated heterocycles. The molecule has 1 aromatic carbocycles. The normalized spacial score (nSPS) is 12.6. The topological polar surface area (TPSA) is 136 Å². The van der Waals surface area contributed by atoms with Crippen molar-refractivity contribution < 1.29 is 27.9 Å². The molecule has 0 aliphatic rings. The second-order valence-electron chi connectivity index (χ2n) is 4.17. The van der Waals surface area contributed by atoms with Crippen LogP contribution in [0.1, 0.15) is 12.8 Å². The molecular formula is C12H16N2O6S. The van der Waals surface area contributed by atoms with Crippen LogP contribution >= 0.6 is 0 Å². The molecule has 1 aromatic rings. The van der Waals surface area contributed by atoms with Gasteiger partial charge in [-0.1, -0.05) is 12.1 Å². The molecule has 0 spiro atoms. The van der Waals surface area contributed by atoms with E-state index in [0.717, 1.165) is 0 Å². The Morgan fingerprint density at radius 3 is 2.52 bits per heavy atom. The van der Waals surface area contributed by atoms with Gasteiger partial charge in [-0.25, -0.2) is 8.42 Å². The Bertz CT molecular complexity index is 628. The van der Waals surface area contributed by atoms with E-state index in [1.54, 1.807) is 6.07 Å². The van der Waals surface area contributed by atoms with E-state index in [1.807, 2.05) is 4.72 Å². The number of hydrogen-bond donors (Lipinski definition) is 3. The summed E-state index contributed by atoms with van der Waals surface area (Å²) >= 11 is 0. The minimum atomic E-state index is -4.10. The lowest BCUT2D eigenvalue weighted by molar-refractivity contribution is -0.139. The molecule has 0 aliphatic carbocycles. The third kappa shape index (κ3) is 4.72. The number of nitrogens with one attached hydrogen (secondary N) is 1. The average molecular weight is 316 g/mol. The molecule has 0 aromatic heterocycles. The maximum atomic E-state index is 12.2. The number of methoxy groups -OCH3 is 1. The van der Waals surface area contributed by atoms with Crippen molar-refractivity contribution in [1.82, 2.24) is 4.72 Å². The van der Waals surface area contributed by atoms with Gasteiger partial charge in [-0.3, -0.25) is 9.59 Å². The van der Waals surface area contributed by atoms with Gasteiger partial charge < -0.3 is 15.6 Å². The van der Waals surface area contributed by atoms with Crippen LogP contribution in [0.25, 0.3) is 0 Å². The molecule has 0 saturated carbocycles. The molecule has 4 N–H and O–H groups in total. The van der Waals surface area contributed by atoms with Crippen LogP contribution < -0.4 is 15.2 Å². The summed E-state index contributed by atoms with van der Waals surface area (Å²) in [5.74, 6) is -2.02. The molecule has 0 fully saturated rings. The molecule has 0 heterocycles. The number of carbonyl (C=O) groups is 2. The van der Waals surface area contributed by atoms with Crippen LogP contribution in [0.4, 0.5) is 0 Å². The number of aliphatic carboxylic acids is 1. The van der Waals surface area contributed by atoms with Crippen molar-refractivity contribution in [1.29, 1.82) is 0 Å². The Kier molecular flexibility index (Phi) is 5.68. The molecule has 1 amide bonds. The number of carbonyl (C=O) groups excluding carboxylic acids is 1. The third-order valence-electron chi connectivity index (χ3n) is 2.63. The van der Waals surface area contributed by atoms with Crippen molar-refractivity contribution in [3.8, 4) is 5.75 Å².